The number of fused-ring (bicyclic) bond motifs is 4. The summed E-state index contributed by atoms with van der Waals surface area (Å²) in [4.78, 5) is 8.32. The standard InChI is InChI=1S/C9H12N4/c10-9-11-4-6-7-2-1-5(12-7)3-8(6)13-9/h4-5,7,12H,1-3H2,(H2,10,11,13)/t5-,7+/m0/s1. The lowest BCUT2D eigenvalue weighted by Crippen LogP contribution is -2.32. The van der Waals surface area contributed by atoms with Gasteiger partial charge in [0.05, 0.1) is 5.69 Å². The molecule has 2 aliphatic rings. The van der Waals surface area contributed by atoms with Gasteiger partial charge in [0.1, 0.15) is 0 Å². The molecular formula is C9H12N4. The van der Waals surface area contributed by atoms with E-state index in [1.54, 1.807) is 0 Å². The smallest absolute Gasteiger partial charge is 0.220 e. The van der Waals surface area contributed by atoms with Crippen molar-refractivity contribution in [2.45, 2.75) is 31.3 Å². The Balaban J connectivity index is 2.12. The predicted molar refractivity (Wildman–Crippen MR) is 49.0 cm³/mol. The van der Waals surface area contributed by atoms with Gasteiger partial charge in [-0.05, 0) is 12.8 Å². The maximum absolute atomic E-state index is 5.55. The minimum atomic E-state index is 0.403. The van der Waals surface area contributed by atoms with E-state index in [-0.39, 0.29) is 0 Å². The summed E-state index contributed by atoms with van der Waals surface area (Å²) < 4.78 is 0. The molecule has 2 atom stereocenters. The summed E-state index contributed by atoms with van der Waals surface area (Å²) in [5.74, 6) is 0.403. The maximum Gasteiger partial charge on any atom is 0.220 e. The van der Waals surface area contributed by atoms with Gasteiger partial charge in [-0.25, -0.2) is 9.97 Å². The number of anilines is 1. The van der Waals surface area contributed by atoms with E-state index in [1.165, 1.54) is 18.4 Å². The van der Waals surface area contributed by atoms with E-state index < -0.39 is 0 Å². The van der Waals surface area contributed by atoms with Gasteiger partial charge in [-0.2, -0.15) is 0 Å². The van der Waals surface area contributed by atoms with Crippen LogP contribution in [0, 0.1) is 0 Å². The Morgan fingerprint density at radius 3 is 3.31 bits per heavy atom. The molecule has 1 aromatic rings. The Morgan fingerprint density at radius 2 is 2.38 bits per heavy atom. The van der Waals surface area contributed by atoms with E-state index in [4.69, 9.17) is 5.73 Å². The molecule has 1 saturated heterocycles. The van der Waals surface area contributed by atoms with E-state index in [1.807, 2.05) is 6.20 Å². The van der Waals surface area contributed by atoms with Gasteiger partial charge in [-0.1, -0.05) is 0 Å². The zero-order valence-corrected chi connectivity index (χ0v) is 7.33. The molecule has 0 spiro atoms. The van der Waals surface area contributed by atoms with Crippen LogP contribution in [0.3, 0.4) is 0 Å². The monoisotopic (exact) mass is 176 g/mol. The largest absolute Gasteiger partial charge is 0.368 e. The first-order valence-electron chi connectivity index (χ1n) is 4.70. The van der Waals surface area contributed by atoms with Crippen molar-refractivity contribution >= 4 is 5.95 Å². The third-order valence-electron chi connectivity index (χ3n) is 2.97. The van der Waals surface area contributed by atoms with Crippen molar-refractivity contribution in [2.75, 3.05) is 5.73 Å². The number of aromatic nitrogens is 2. The molecule has 2 bridgehead atoms. The molecule has 13 heavy (non-hydrogen) atoms. The minimum absolute atomic E-state index is 0.403. The number of hydrogen-bond acceptors (Lipinski definition) is 4. The maximum atomic E-state index is 5.55. The fourth-order valence-electron chi connectivity index (χ4n) is 2.36. The Labute approximate surface area is 76.6 Å². The Kier molecular flexibility index (Phi) is 1.35. The van der Waals surface area contributed by atoms with Crippen molar-refractivity contribution in [3.63, 3.8) is 0 Å². The van der Waals surface area contributed by atoms with Crippen LogP contribution >= 0.6 is 0 Å². The van der Waals surface area contributed by atoms with Crippen LogP contribution < -0.4 is 11.1 Å². The summed E-state index contributed by atoms with van der Waals surface area (Å²) in [5.41, 5.74) is 7.95. The summed E-state index contributed by atoms with van der Waals surface area (Å²) in [6, 6.07) is 1.10. The van der Waals surface area contributed by atoms with Crippen LogP contribution in [0.25, 0.3) is 0 Å². The Hall–Kier alpha value is -1.16. The zero-order valence-electron chi connectivity index (χ0n) is 7.33. The molecule has 0 amide bonds. The van der Waals surface area contributed by atoms with Crippen LogP contribution in [-0.2, 0) is 6.42 Å². The van der Waals surface area contributed by atoms with Gasteiger partial charge < -0.3 is 11.1 Å². The SMILES string of the molecule is Nc1ncc2c(n1)C[C@@H]1CC[C@H]2N1. The van der Waals surface area contributed by atoms with Crippen molar-refractivity contribution in [3.8, 4) is 0 Å². The first-order valence-corrected chi connectivity index (χ1v) is 4.70. The van der Waals surface area contributed by atoms with Crippen LogP contribution in [-0.4, -0.2) is 16.0 Å². The summed E-state index contributed by atoms with van der Waals surface area (Å²) in [6.45, 7) is 0. The molecule has 68 valence electrons. The highest BCUT2D eigenvalue weighted by Gasteiger charge is 2.33. The highest BCUT2D eigenvalue weighted by molar-refractivity contribution is 5.32. The third kappa shape index (κ3) is 1.02. The quantitative estimate of drug-likeness (QED) is 0.601. The summed E-state index contributed by atoms with van der Waals surface area (Å²) in [5, 5.41) is 3.55. The first-order chi connectivity index (χ1) is 6.33. The molecule has 0 saturated carbocycles. The number of nitrogens with zero attached hydrogens (tertiary/aromatic N) is 2. The molecule has 0 radical (unpaired) electrons. The van der Waals surface area contributed by atoms with Gasteiger partial charge in [0.25, 0.3) is 0 Å². The third-order valence-corrected chi connectivity index (χ3v) is 2.97. The van der Waals surface area contributed by atoms with Gasteiger partial charge in [-0.15, -0.1) is 0 Å². The zero-order chi connectivity index (χ0) is 8.84. The van der Waals surface area contributed by atoms with Crippen molar-refractivity contribution in [1.29, 1.82) is 0 Å². The molecule has 3 rings (SSSR count). The average Bonchev–Trinajstić information content (AvgIpc) is 2.48. The van der Waals surface area contributed by atoms with Crippen molar-refractivity contribution in [1.82, 2.24) is 15.3 Å². The van der Waals surface area contributed by atoms with Crippen LogP contribution in [0.2, 0.25) is 0 Å². The average molecular weight is 176 g/mol. The number of hydrogen-bond donors (Lipinski definition) is 2. The van der Waals surface area contributed by atoms with Gasteiger partial charge in [0.2, 0.25) is 5.95 Å². The van der Waals surface area contributed by atoms with Crippen LogP contribution in [0.4, 0.5) is 5.95 Å². The van der Waals surface area contributed by atoms with Crippen molar-refractivity contribution in [3.05, 3.63) is 17.5 Å². The second-order valence-corrected chi connectivity index (χ2v) is 3.83. The number of nitrogen functional groups attached to an aromatic ring is 1. The van der Waals surface area contributed by atoms with E-state index in [0.29, 0.717) is 18.0 Å². The fourth-order valence-corrected chi connectivity index (χ4v) is 2.36. The number of nitrogens with two attached hydrogens (primary N) is 1. The van der Waals surface area contributed by atoms with E-state index in [2.05, 4.69) is 15.3 Å². The van der Waals surface area contributed by atoms with Crippen LogP contribution in [0.1, 0.15) is 30.1 Å². The normalized spacial score (nSPS) is 30.2. The van der Waals surface area contributed by atoms with Gasteiger partial charge in [0, 0.05) is 30.3 Å². The predicted octanol–water partition coefficient (Wildman–Crippen LogP) is 0.408. The van der Waals surface area contributed by atoms with Crippen molar-refractivity contribution < 1.29 is 0 Å². The van der Waals surface area contributed by atoms with Gasteiger partial charge >= 0.3 is 0 Å². The molecule has 2 aliphatic heterocycles. The second-order valence-electron chi connectivity index (χ2n) is 3.83. The fraction of sp³-hybridized carbons (Fsp3) is 0.556. The lowest BCUT2D eigenvalue weighted by molar-refractivity contribution is 0.505. The first kappa shape index (κ1) is 7.26. The molecule has 3 N–H and O–H groups in total. The molecule has 4 nitrogen and oxygen atoms in total. The van der Waals surface area contributed by atoms with Crippen molar-refractivity contribution in [2.24, 2.45) is 0 Å². The molecule has 1 aromatic heterocycles. The number of nitrogens with one attached hydrogen (secondary N) is 1. The molecule has 4 heteroatoms. The molecule has 0 unspecified atom stereocenters. The number of rotatable bonds is 0. The highest BCUT2D eigenvalue weighted by atomic mass is 15.1. The summed E-state index contributed by atoms with van der Waals surface area (Å²) in [7, 11) is 0. The van der Waals surface area contributed by atoms with E-state index >= 15 is 0 Å². The molecule has 0 aromatic carbocycles. The van der Waals surface area contributed by atoms with Gasteiger partial charge in [0.15, 0.2) is 0 Å². The summed E-state index contributed by atoms with van der Waals surface area (Å²) in [6.07, 6.45) is 5.35. The molecule has 1 fully saturated rings. The lowest BCUT2D eigenvalue weighted by Gasteiger charge is -2.22. The van der Waals surface area contributed by atoms with Crippen LogP contribution in [0.15, 0.2) is 6.20 Å². The van der Waals surface area contributed by atoms with Crippen LogP contribution in [0.5, 0.6) is 0 Å². The Bertz CT molecular complexity index is 349. The molecule has 0 aliphatic carbocycles. The molecule has 3 heterocycles. The minimum Gasteiger partial charge on any atom is -0.368 e. The Morgan fingerprint density at radius 1 is 1.46 bits per heavy atom. The molecular weight excluding hydrogens is 164 g/mol. The second kappa shape index (κ2) is 2.42. The van der Waals surface area contributed by atoms with Gasteiger partial charge in [-0.3, -0.25) is 0 Å². The summed E-state index contributed by atoms with van der Waals surface area (Å²) >= 11 is 0. The van der Waals surface area contributed by atoms with E-state index in [9.17, 15) is 0 Å². The lowest BCUT2D eigenvalue weighted by atomic mass is 10.0. The topological polar surface area (TPSA) is 63.8 Å². The highest BCUT2D eigenvalue weighted by Crippen LogP contribution is 2.34. The van der Waals surface area contributed by atoms with E-state index in [0.717, 1.165) is 12.1 Å².